The minimum absolute atomic E-state index is 0.0882. The first-order valence-corrected chi connectivity index (χ1v) is 7.26. The molecule has 1 heterocycles. The minimum atomic E-state index is -4.43. The van der Waals surface area contributed by atoms with Gasteiger partial charge in [0, 0.05) is 18.0 Å². The van der Waals surface area contributed by atoms with Gasteiger partial charge in [-0.3, -0.25) is 0 Å². The van der Waals surface area contributed by atoms with Gasteiger partial charge in [-0.05, 0) is 35.9 Å². The van der Waals surface area contributed by atoms with Crippen LogP contribution in [0, 0.1) is 0 Å². The van der Waals surface area contributed by atoms with E-state index in [0.717, 1.165) is 12.1 Å². The lowest BCUT2D eigenvalue weighted by atomic mass is 10.1. The molecule has 0 spiro atoms. The number of halogens is 3. The smallest absolute Gasteiger partial charge is 0.416 e. The van der Waals surface area contributed by atoms with E-state index in [1.54, 1.807) is 24.3 Å². The van der Waals surface area contributed by atoms with E-state index in [1.165, 1.54) is 18.2 Å². The number of hydrogen-bond acceptors (Lipinski definition) is 4. The van der Waals surface area contributed by atoms with Crippen LogP contribution in [-0.4, -0.2) is 11.0 Å². The van der Waals surface area contributed by atoms with Gasteiger partial charge < -0.3 is 14.3 Å². The van der Waals surface area contributed by atoms with Gasteiger partial charge in [0.25, 0.3) is 0 Å². The highest BCUT2D eigenvalue weighted by atomic mass is 19.4. The van der Waals surface area contributed by atoms with Crippen LogP contribution >= 0.6 is 0 Å². The first-order valence-electron chi connectivity index (χ1n) is 7.26. The highest BCUT2D eigenvalue weighted by molar-refractivity contribution is 5.90. The van der Waals surface area contributed by atoms with Crippen molar-refractivity contribution in [3.8, 4) is 0 Å². The molecule has 0 radical (unpaired) electrons. The fourth-order valence-electron chi connectivity index (χ4n) is 2.32. The summed E-state index contributed by atoms with van der Waals surface area (Å²) in [5.41, 5.74) is 0.846. The van der Waals surface area contributed by atoms with Crippen LogP contribution in [0.4, 0.5) is 13.2 Å². The summed E-state index contributed by atoms with van der Waals surface area (Å²) in [7, 11) is 0. The van der Waals surface area contributed by atoms with E-state index in [9.17, 15) is 23.1 Å². The molecule has 0 amide bonds. The van der Waals surface area contributed by atoms with Crippen LogP contribution in [-0.2, 0) is 11.0 Å². The zero-order valence-electron chi connectivity index (χ0n) is 12.7. The molecule has 128 valence electrons. The normalized spacial score (nSPS) is 12.5. The lowest BCUT2D eigenvalue weighted by molar-refractivity contribution is -0.304. The van der Waals surface area contributed by atoms with Gasteiger partial charge >= 0.3 is 6.18 Å². The van der Waals surface area contributed by atoms with E-state index in [-0.39, 0.29) is 11.5 Å². The Hall–Kier alpha value is -3.09. The van der Waals surface area contributed by atoms with Gasteiger partial charge in [-0.2, -0.15) is 13.2 Å². The molecule has 25 heavy (non-hydrogen) atoms. The summed E-state index contributed by atoms with van der Waals surface area (Å²) in [5.74, 6) is -1.26. The monoisotopic (exact) mass is 346 g/mol. The summed E-state index contributed by atoms with van der Waals surface area (Å²) < 4.78 is 43.4. The fraction of sp³-hybridized carbons (Fsp3) is 0.111. The molecule has 0 N–H and O–H groups in total. The van der Waals surface area contributed by atoms with E-state index in [2.05, 4.69) is 4.98 Å². The third kappa shape index (κ3) is 3.88. The Morgan fingerprint density at radius 2 is 1.80 bits per heavy atom. The number of nitrogens with zero attached hydrogens (tertiary/aromatic N) is 1. The summed E-state index contributed by atoms with van der Waals surface area (Å²) >= 11 is 0. The SMILES string of the molecule is O=C([O-])C/C(=C\c1ccc(C(F)(F)F)cc1)c1nc2ccccc2o1. The molecule has 0 fully saturated rings. The van der Waals surface area contributed by atoms with E-state index < -0.39 is 24.1 Å². The summed E-state index contributed by atoms with van der Waals surface area (Å²) in [4.78, 5) is 15.2. The minimum Gasteiger partial charge on any atom is -0.550 e. The molecule has 0 aliphatic heterocycles. The second-order valence-electron chi connectivity index (χ2n) is 5.32. The van der Waals surface area contributed by atoms with E-state index >= 15 is 0 Å². The first kappa shape index (κ1) is 16.8. The number of aliphatic carboxylic acids is 1. The van der Waals surface area contributed by atoms with Gasteiger partial charge in [-0.15, -0.1) is 0 Å². The Kier molecular flexibility index (Phi) is 4.31. The molecule has 4 nitrogen and oxygen atoms in total. The molecule has 7 heteroatoms. The summed E-state index contributed by atoms with van der Waals surface area (Å²) in [6.45, 7) is 0. The van der Waals surface area contributed by atoms with Crippen molar-refractivity contribution in [1.82, 2.24) is 4.98 Å². The summed E-state index contributed by atoms with van der Waals surface area (Å²) in [6, 6.07) is 11.2. The third-order valence-electron chi connectivity index (χ3n) is 3.48. The van der Waals surface area contributed by atoms with Crippen LogP contribution in [0.2, 0.25) is 0 Å². The zero-order valence-corrected chi connectivity index (χ0v) is 12.7. The van der Waals surface area contributed by atoms with Gasteiger partial charge in [0.1, 0.15) is 5.52 Å². The standard InChI is InChI=1S/C18H12F3NO3/c19-18(20,21)13-7-5-11(6-8-13)9-12(10-16(23)24)17-22-14-3-1-2-4-15(14)25-17/h1-9H,10H2,(H,23,24)/p-1/b12-9+. The van der Waals surface area contributed by atoms with Crippen molar-refractivity contribution in [3.05, 3.63) is 65.5 Å². The van der Waals surface area contributed by atoms with Crippen LogP contribution in [0.15, 0.2) is 52.9 Å². The van der Waals surface area contributed by atoms with Crippen molar-refractivity contribution in [1.29, 1.82) is 0 Å². The lowest BCUT2D eigenvalue weighted by Gasteiger charge is -2.07. The highest BCUT2D eigenvalue weighted by Gasteiger charge is 2.29. The molecule has 0 unspecified atom stereocenters. The molecular weight excluding hydrogens is 335 g/mol. The topological polar surface area (TPSA) is 66.2 Å². The van der Waals surface area contributed by atoms with Crippen molar-refractivity contribution in [2.45, 2.75) is 12.6 Å². The maximum absolute atomic E-state index is 12.6. The van der Waals surface area contributed by atoms with Crippen LogP contribution in [0.25, 0.3) is 22.7 Å². The van der Waals surface area contributed by atoms with Gasteiger partial charge in [0.2, 0.25) is 5.89 Å². The Morgan fingerprint density at radius 3 is 2.40 bits per heavy atom. The number of aromatic nitrogens is 1. The Bertz CT molecular complexity index is 907. The van der Waals surface area contributed by atoms with E-state index in [4.69, 9.17) is 4.42 Å². The predicted molar refractivity (Wildman–Crippen MR) is 82.9 cm³/mol. The average molecular weight is 346 g/mol. The molecule has 1 aromatic heterocycles. The number of oxazole rings is 1. The maximum atomic E-state index is 12.6. The first-order chi connectivity index (χ1) is 11.8. The van der Waals surface area contributed by atoms with Crippen LogP contribution < -0.4 is 5.11 Å². The molecule has 3 aromatic rings. The molecule has 0 bridgehead atoms. The highest BCUT2D eigenvalue weighted by Crippen LogP contribution is 2.30. The van der Waals surface area contributed by atoms with Crippen LogP contribution in [0.5, 0.6) is 0 Å². The van der Waals surface area contributed by atoms with E-state index in [0.29, 0.717) is 16.7 Å². The van der Waals surface area contributed by atoms with Gasteiger partial charge in [0.15, 0.2) is 5.58 Å². The number of alkyl halides is 3. The summed E-state index contributed by atoms with van der Waals surface area (Å²) in [6.07, 6.45) is -3.50. The number of para-hydroxylation sites is 2. The quantitative estimate of drug-likeness (QED) is 0.725. The molecule has 0 saturated heterocycles. The largest absolute Gasteiger partial charge is 0.550 e. The molecule has 0 aliphatic rings. The Labute approximate surface area is 140 Å². The second kappa shape index (κ2) is 6.43. The molecule has 0 atom stereocenters. The van der Waals surface area contributed by atoms with E-state index in [1.807, 2.05) is 0 Å². The number of rotatable bonds is 4. The van der Waals surface area contributed by atoms with Crippen molar-refractivity contribution >= 4 is 28.7 Å². The summed E-state index contributed by atoms with van der Waals surface area (Å²) in [5, 5.41) is 11.0. The number of hydrogen-bond donors (Lipinski definition) is 0. The third-order valence-corrected chi connectivity index (χ3v) is 3.48. The van der Waals surface area contributed by atoms with Crippen molar-refractivity contribution < 1.29 is 27.5 Å². The average Bonchev–Trinajstić information content (AvgIpc) is 2.97. The number of carbonyl (C=O) groups is 1. The molecular formula is C18H11F3NO3-. The lowest BCUT2D eigenvalue weighted by Crippen LogP contribution is -2.22. The van der Waals surface area contributed by atoms with Crippen LogP contribution in [0.3, 0.4) is 0 Å². The van der Waals surface area contributed by atoms with Crippen molar-refractivity contribution in [2.24, 2.45) is 0 Å². The maximum Gasteiger partial charge on any atom is 0.416 e. The number of carboxylic acids is 1. The number of carbonyl (C=O) groups excluding carboxylic acids is 1. The number of carboxylic acid groups (broad SMARTS) is 1. The van der Waals surface area contributed by atoms with Gasteiger partial charge in [-0.1, -0.05) is 24.3 Å². The van der Waals surface area contributed by atoms with Crippen LogP contribution in [0.1, 0.15) is 23.4 Å². The van der Waals surface area contributed by atoms with Gasteiger partial charge in [0.05, 0.1) is 5.56 Å². The van der Waals surface area contributed by atoms with Gasteiger partial charge in [-0.25, -0.2) is 4.98 Å². The number of fused-ring (bicyclic) bond motifs is 1. The predicted octanol–water partition coefficient (Wildman–Crippen LogP) is 3.53. The fourth-order valence-corrected chi connectivity index (χ4v) is 2.32. The zero-order chi connectivity index (χ0) is 18.0. The molecule has 0 aliphatic carbocycles. The number of benzene rings is 2. The second-order valence-corrected chi connectivity index (χ2v) is 5.32. The Morgan fingerprint density at radius 1 is 1.12 bits per heavy atom. The Balaban J connectivity index is 2.00. The molecule has 0 saturated carbocycles. The molecule has 2 aromatic carbocycles. The van der Waals surface area contributed by atoms with Crippen molar-refractivity contribution in [3.63, 3.8) is 0 Å². The molecule has 3 rings (SSSR count). The van der Waals surface area contributed by atoms with Crippen molar-refractivity contribution in [2.75, 3.05) is 0 Å².